The summed E-state index contributed by atoms with van der Waals surface area (Å²) in [4.78, 5) is 14.5. The van der Waals surface area contributed by atoms with Crippen molar-refractivity contribution in [2.24, 2.45) is 0 Å². The van der Waals surface area contributed by atoms with E-state index < -0.39 is 4.92 Å². The Morgan fingerprint density at radius 3 is 2.71 bits per heavy atom. The maximum absolute atomic E-state index is 10.9. The summed E-state index contributed by atoms with van der Waals surface area (Å²) in [5.41, 5.74) is 0.261. The molecule has 1 heterocycles. The van der Waals surface area contributed by atoms with Gasteiger partial charge in [-0.25, -0.2) is 0 Å². The Bertz CT molecular complexity index is 583. The molecule has 1 aromatic heterocycles. The number of nitro benzene ring substituents is 1. The number of pyridine rings is 1. The fourth-order valence-electron chi connectivity index (χ4n) is 1.68. The maximum Gasteiger partial charge on any atom is 0.316 e. The Labute approximate surface area is 96.9 Å². The van der Waals surface area contributed by atoms with Crippen LogP contribution in [0, 0.1) is 10.1 Å². The van der Waals surface area contributed by atoms with Crippen molar-refractivity contribution >= 4 is 16.6 Å². The van der Waals surface area contributed by atoms with Gasteiger partial charge in [0, 0.05) is 11.6 Å². The van der Waals surface area contributed by atoms with E-state index in [9.17, 15) is 10.1 Å². The standard InChI is InChI=1S/C11H10N2O4/c1-16-9-6-8(13(14)15)11(17-2)10-7(9)4-3-5-12-10/h3-6H,1-2H3. The van der Waals surface area contributed by atoms with Crippen molar-refractivity contribution in [1.82, 2.24) is 4.98 Å². The molecule has 0 aliphatic carbocycles. The van der Waals surface area contributed by atoms with Gasteiger partial charge in [0.15, 0.2) is 0 Å². The molecule has 0 radical (unpaired) electrons. The lowest BCUT2D eigenvalue weighted by atomic mass is 10.1. The van der Waals surface area contributed by atoms with Crippen LogP contribution in [0.3, 0.4) is 0 Å². The first-order valence-electron chi connectivity index (χ1n) is 4.83. The predicted octanol–water partition coefficient (Wildman–Crippen LogP) is 2.16. The van der Waals surface area contributed by atoms with Gasteiger partial charge in [-0.15, -0.1) is 0 Å². The Kier molecular flexibility index (Phi) is 2.78. The predicted molar refractivity (Wildman–Crippen MR) is 61.5 cm³/mol. The highest BCUT2D eigenvalue weighted by Gasteiger charge is 2.22. The molecule has 17 heavy (non-hydrogen) atoms. The normalized spacial score (nSPS) is 10.2. The number of methoxy groups -OCH3 is 2. The van der Waals surface area contributed by atoms with Crippen molar-refractivity contribution in [2.45, 2.75) is 0 Å². The van der Waals surface area contributed by atoms with Gasteiger partial charge in [-0.05, 0) is 12.1 Å². The Balaban J connectivity index is 2.89. The number of rotatable bonds is 3. The molecule has 2 rings (SSSR count). The zero-order valence-electron chi connectivity index (χ0n) is 9.34. The van der Waals surface area contributed by atoms with Crippen LogP contribution in [0.2, 0.25) is 0 Å². The first-order chi connectivity index (χ1) is 8.19. The second-order valence-electron chi connectivity index (χ2n) is 3.29. The number of fused-ring (bicyclic) bond motifs is 1. The van der Waals surface area contributed by atoms with E-state index in [1.54, 1.807) is 18.3 Å². The molecule has 0 bridgehead atoms. The molecular formula is C11H10N2O4. The summed E-state index contributed by atoms with van der Waals surface area (Å²) in [6.07, 6.45) is 1.55. The fraction of sp³-hybridized carbons (Fsp3) is 0.182. The number of hydrogen-bond acceptors (Lipinski definition) is 5. The van der Waals surface area contributed by atoms with Crippen molar-refractivity contribution in [2.75, 3.05) is 14.2 Å². The Hall–Kier alpha value is -2.37. The second kappa shape index (κ2) is 4.25. The molecule has 0 aliphatic heterocycles. The van der Waals surface area contributed by atoms with Gasteiger partial charge in [0.25, 0.3) is 0 Å². The lowest BCUT2D eigenvalue weighted by Gasteiger charge is -2.09. The van der Waals surface area contributed by atoms with E-state index in [0.29, 0.717) is 16.7 Å². The summed E-state index contributed by atoms with van der Waals surface area (Å²) in [6.45, 7) is 0. The van der Waals surface area contributed by atoms with Crippen LogP contribution in [0.1, 0.15) is 0 Å². The zero-order chi connectivity index (χ0) is 12.4. The second-order valence-corrected chi connectivity index (χ2v) is 3.29. The average Bonchev–Trinajstić information content (AvgIpc) is 2.36. The number of ether oxygens (including phenoxy) is 2. The van der Waals surface area contributed by atoms with E-state index in [2.05, 4.69) is 4.98 Å². The van der Waals surface area contributed by atoms with Gasteiger partial charge >= 0.3 is 5.69 Å². The van der Waals surface area contributed by atoms with E-state index in [4.69, 9.17) is 9.47 Å². The Morgan fingerprint density at radius 1 is 1.35 bits per heavy atom. The van der Waals surface area contributed by atoms with Gasteiger partial charge in [-0.1, -0.05) is 0 Å². The van der Waals surface area contributed by atoms with Gasteiger partial charge in [-0.2, -0.15) is 0 Å². The molecule has 0 aliphatic rings. The molecule has 2 aromatic rings. The van der Waals surface area contributed by atoms with Crippen LogP contribution in [0.5, 0.6) is 11.5 Å². The van der Waals surface area contributed by atoms with Crippen molar-refractivity contribution in [3.63, 3.8) is 0 Å². The fourth-order valence-corrected chi connectivity index (χ4v) is 1.68. The summed E-state index contributed by atoms with van der Waals surface area (Å²) in [5, 5.41) is 11.6. The quantitative estimate of drug-likeness (QED) is 0.600. The van der Waals surface area contributed by atoms with Crippen LogP contribution in [0.4, 0.5) is 5.69 Å². The van der Waals surface area contributed by atoms with Crippen LogP contribution in [-0.2, 0) is 0 Å². The molecule has 0 fully saturated rings. The molecular weight excluding hydrogens is 224 g/mol. The first kappa shape index (κ1) is 11.1. The third kappa shape index (κ3) is 1.73. The minimum atomic E-state index is -0.518. The smallest absolute Gasteiger partial charge is 0.316 e. The molecule has 0 atom stereocenters. The van der Waals surface area contributed by atoms with Crippen LogP contribution in [-0.4, -0.2) is 24.1 Å². The van der Waals surface area contributed by atoms with Crippen LogP contribution in [0.15, 0.2) is 24.4 Å². The number of hydrogen-bond donors (Lipinski definition) is 0. The summed E-state index contributed by atoms with van der Waals surface area (Å²) in [6, 6.07) is 4.84. The zero-order valence-corrected chi connectivity index (χ0v) is 9.34. The van der Waals surface area contributed by atoms with Crippen molar-refractivity contribution in [1.29, 1.82) is 0 Å². The SMILES string of the molecule is COc1cc([N+](=O)[O-])c(OC)c2ncccc12. The van der Waals surface area contributed by atoms with Crippen molar-refractivity contribution in [3.8, 4) is 11.5 Å². The minimum Gasteiger partial charge on any atom is -0.496 e. The molecule has 1 aromatic carbocycles. The van der Waals surface area contributed by atoms with E-state index in [1.165, 1.54) is 20.3 Å². The molecule has 0 saturated heterocycles. The van der Waals surface area contributed by atoms with Gasteiger partial charge in [-0.3, -0.25) is 15.1 Å². The highest BCUT2D eigenvalue weighted by molar-refractivity contribution is 5.93. The first-order valence-corrected chi connectivity index (χ1v) is 4.83. The highest BCUT2D eigenvalue weighted by Crippen LogP contribution is 2.39. The summed E-state index contributed by atoms with van der Waals surface area (Å²) in [5.74, 6) is 0.548. The number of benzene rings is 1. The summed E-state index contributed by atoms with van der Waals surface area (Å²) >= 11 is 0. The molecule has 6 heteroatoms. The molecule has 0 unspecified atom stereocenters. The highest BCUT2D eigenvalue weighted by atomic mass is 16.6. The molecule has 0 spiro atoms. The molecule has 0 amide bonds. The third-order valence-electron chi connectivity index (χ3n) is 2.41. The van der Waals surface area contributed by atoms with Gasteiger partial charge in [0.1, 0.15) is 11.3 Å². The monoisotopic (exact) mass is 234 g/mol. The lowest BCUT2D eigenvalue weighted by molar-refractivity contribution is -0.385. The molecule has 0 saturated carbocycles. The third-order valence-corrected chi connectivity index (χ3v) is 2.41. The Morgan fingerprint density at radius 2 is 2.12 bits per heavy atom. The molecule has 6 nitrogen and oxygen atoms in total. The number of aromatic nitrogens is 1. The van der Waals surface area contributed by atoms with Crippen LogP contribution >= 0.6 is 0 Å². The largest absolute Gasteiger partial charge is 0.496 e. The van der Waals surface area contributed by atoms with Crippen molar-refractivity contribution in [3.05, 3.63) is 34.5 Å². The minimum absolute atomic E-state index is 0.145. The maximum atomic E-state index is 10.9. The lowest BCUT2D eigenvalue weighted by Crippen LogP contribution is -1.97. The summed E-state index contributed by atoms with van der Waals surface area (Å²) in [7, 11) is 2.83. The van der Waals surface area contributed by atoms with Crippen LogP contribution in [0.25, 0.3) is 10.9 Å². The van der Waals surface area contributed by atoms with Crippen molar-refractivity contribution < 1.29 is 14.4 Å². The van der Waals surface area contributed by atoms with Crippen LogP contribution < -0.4 is 9.47 Å². The molecule has 0 N–H and O–H groups in total. The van der Waals surface area contributed by atoms with E-state index in [-0.39, 0.29) is 11.4 Å². The summed E-state index contributed by atoms with van der Waals surface area (Å²) < 4.78 is 10.2. The number of nitrogens with zero attached hydrogens (tertiary/aromatic N) is 2. The van der Waals surface area contributed by atoms with E-state index in [1.807, 2.05) is 0 Å². The van der Waals surface area contributed by atoms with Gasteiger partial charge in [0.05, 0.1) is 25.2 Å². The van der Waals surface area contributed by atoms with E-state index in [0.717, 1.165) is 0 Å². The van der Waals surface area contributed by atoms with Gasteiger partial charge < -0.3 is 9.47 Å². The average molecular weight is 234 g/mol. The number of nitro groups is 1. The van der Waals surface area contributed by atoms with E-state index >= 15 is 0 Å². The topological polar surface area (TPSA) is 74.5 Å². The molecule has 88 valence electrons. The van der Waals surface area contributed by atoms with Gasteiger partial charge in [0.2, 0.25) is 5.75 Å².